The molecular weight excluding hydrogens is 336 g/mol. The predicted molar refractivity (Wildman–Crippen MR) is 109 cm³/mol. The normalized spacial score (nSPS) is 11.1. The van der Waals surface area contributed by atoms with Crippen molar-refractivity contribution >= 4 is 28.4 Å². The number of hydrogen-bond acceptors (Lipinski definition) is 3. The maximum absolute atomic E-state index is 12.6. The van der Waals surface area contributed by atoms with Gasteiger partial charge in [0.2, 0.25) is 0 Å². The molecule has 4 nitrogen and oxygen atoms in total. The van der Waals surface area contributed by atoms with Crippen molar-refractivity contribution in [1.29, 1.82) is 5.26 Å². The zero-order valence-corrected chi connectivity index (χ0v) is 15.5. The molecule has 3 rings (SSSR count). The second-order valence-electron chi connectivity index (χ2n) is 6.36. The fourth-order valence-electron chi connectivity index (χ4n) is 2.97. The minimum Gasteiger partial charge on any atom is -0.497 e. The van der Waals surface area contributed by atoms with E-state index in [2.05, 4.69) is 5.32 Å². The molecule has 4 heteroatoms. The molecule has 1 amide bonds. The minimum atomic E-state index is -0.412. The number of nitrogens with one attached hydrogen (secondary N) is 1. The number of rotatable bonds is 4. The number of fused-ring (bicyclic) bond motifs is 1. The molecule has 0 atom stereocenters. The quantitative estimate of drug-likeness (QED) is 0.528. The molecule has 0 heterocycles. The van der Waals surface area contributed by atoms with Crippen molar-refractivity contribution in [2.24, 2.45) is 0 Å². The van der Waals surface area contributed by atoms with E-state index in [0.29, 0.717) is 0 Å². The number of aryl methyl sites for hydroxylation is 2. The van der Waals surface area contributed by atoms with Gasteiger partial charge in [0.15, 0.2) is 0 Å². The number of amides is 1. The zero-order valence-electron chi connectivity index (χ0n) is 15.5. The van der Waals surface area contributed by atoms with Gasteiger partial charge in [0, 0.05) is 5.69 Å². The van der Waals surface area contributed by atoms with Crippen molar-refractivity contribution in [2.75, 3.05) is 12.4 Å². The Morgan fingerprint density at radius 2 is 1.70 bits per heavy atom. The number of nitriles is 1. The van der Waals surface area contributed by atoms with E-state index in [1.807, 2.05) is 74.5 Å². The van der Waals surface area contributed by atoms with Crippen LogP contribution in [0.25, 0.3) is 16.8 Å². The summed E-state index contributed by atoms with van der Waals surface area (Å²) in [5.41, 5.74) is 3.52. The van der Waals surface area contributed by atoms with Crippen molar-refractivity contribution in [2.45, 2.75) is 13.8 Å². The SMILES string of the molecule is COc1ccc2cc(/C=C(\C#N)C(=O)Nc3c(C)cccc3C)ccc2c1. The first-order chi connectivity index (χ1) is 13.0. The molecule has 0 aliphatic carbocycles. The summed E-state index contributed by atoms with van der Waals surface area (Å²) in [5.74, 6) is 0.376. The van der Waals surface area contributed by atoms with Crippen LogP contribution in [0.5, 0.6) is 5.75 Å². The summed E-state index contributed by atoms with van der Waals surface area (Å²) in [5, 5.41) is 14.4. The van der Waals surface area contributed by atoms with Crippen LogP contribution < -0.4 is 10.1 Å². The van der Waals surface area contributed by atoms with E-state index in [1.165, 1.54) is 0 Å². The highest BCUT2D eigenvalue weighted by atomic mass is 16.5. The summed E-state index contributed by atoms with van der Waals surface area (Å²) in [7, 11) is 1.63. The molecule has 0 bridgehead atoms. The van der Waals surface area contributed by atoms with Gasteiger partial charge in [-0.2, -0.15) is 5.26 Å². The first-order valence-electron chi connectivity index (χ1n) is 8.59. The lowest BCUT2D eigenvalue weighted by Gasteiger charge is -2.11. The van der Waals surface area contributed by atoms with Gasteiger partial charge in [-0.1, -0.05) is 36.4 Å². The molecule has 0 fully saturated rings. The summed E-state index contributed by atoms with van der Waals surface area (Å²) in [4.78, 5) is 12.6. The Labute approximate surface area is 158 Å². The third kappa shape index (κ3) is 3.99. The highest BCUT2D eigenvalue weighted by molar-refractivity contribution is 6.10. The summed E-state index contributed by atoms with van der Waals surface area (Å²) >= 11 is 0. The van der Waals surface area contributed by atoms with Gasteiger partial charge in [0.25, 0.3) is 5.91 Å². The van der Waals surface area contributed by atoms with E-state index in [1.54, 1.807) is 13.2 Å². The van der Waals surface area contributed by atoms with Crippen molar-refractivity contribution in [3.8, 4) is 11.8 Å². The van der Waals surface area contributed by atoms with Crippen LogP contribution in [0.4, 0.5) is 5.69 Å². The fourth-order valence-corrected chi connectivity index (χ4v) is 2.97. The van der Waals surface area contributed by atoms with Gasteiger partial charge in [-0.25, -0.2) is 0 Å². The van der Waals surface area contributed by atoms with Gasteiger partial charge in [0.05, 0.1) is 7.11 Å². The molecule has 0 aliphatic rings. The van der Waals surface area contributed by atoms with Crippen molar-refractivity contribution in [3.63, 3.8) is 0 Å². The number of hydrogen-bond donors (Lipinski definition) is 1. The highest BCUT2D eigenvalue weighted by Crippen LogP contribution is 2.24. The molecule has 0 aliphatic heterocycles. The first-order valence-corrected chi connectivity index (χ1v) is 8.59. The van der Waals surface area contributed by atoms with E-state index in [-0.39, 0.29) is 5.57 Å². The van der Waals surface area contributed by atoms with Crippen molar-refractivity contribution < 1.29 is 9.53 Å². The number of carbonyl (C=O) groups excluding carboxylic acids is 1. The second kappa shape index (κ2) is 7.76. The lowest BCUT2D eigenvalue weighted by Crippen LogP contribution is -2.15. The monoisotopic (exact) mass is 356 g/mol. The summed E-state index contributed by atoms with van der Waals surface area (Å²) < 4.78 is 5.23. The van der Waals surface area contributed by atoms with Crippen LogP contribution in [0.1, 0.15) is 16.7 Å². The zero-order chi connectivity index (χ0) is 19.4. The molecule has 0 saturated heterocycles. The van der Waals surface area contributed by atoms with Gasteiger partial charge in [-0.05, 0) is 65.6 Å². The van der Waals surface area contributed by atoms with Gasteiger partial charge < -0.3 is 10.1 Å². The molecule has 134 valence electrons. The van der Waals surface area contributed by atoms with Crippen LogP contribution in [-0.2, 0) is 4.79 Å². The smallest absolute Gasteiger partial charge is 0.266 e. The van der Waals surface area contributed by atoms with Gasteiger partial charge in [-0.3, -0.25) is 4.79 Å². The number of ether oxygens (including phenoxy) is 1. The van der Waals surface area contributed by atoms with Crippen LogP contribution in [0.2, 0.25) is 0 Å². The Hall–Kier alpha value is -3.58. The molecule has 3 aromatic carbocycles. The van der Waals surface area contributed by atoms with Crippen molar-refractivity contribution in [1.82, 2.24) is 0 Å². The average molecular weight is 356 g/mol. The Morgan fingerprint density at radius 1 is 1.04 bits per heavy atom. The Bertz CT molecular complexity index is 1070. The second-order valence-corrected chi connectivity index (χ2v) is 6.36. The lowest BCUT2D eigenvalue weighted by atomic mass is 10.0. The van der Waals surface area contributed by atoms with E-state index in [9.17, 15) is 10.1 Å². The summed E-state index contributed by atoms with van der Waals surface area (Å²) in [6.07, 6.45) is 1.60. The molecular formula is C23H20N2O2. The molecule has 27 heavy (non-hydrogen) atoms. The summed E-state index contributed by atoms with van der Waals surface area (Å²) in [6, 6.07) is 19.3. The molecule has 0 aromatic heterocycles. The van der Waals surface area contributed by atoms with E-state index >= 15 is 0 Å². The molecule has 3 aromatic rings. The van der Waals surface area contributed by atoms with Gasteiger partial charge in [0.1, 0.15) is 17.4 Å². The molecule has 0 saturated carbocycles. The van der Waals surface area contributed by atoms with Gasteiger partial charge >= 0.3 is 0 Å². The Balaban J connectivity index is 1.90. The van der Waals surface area contributed by atoms with E-state index < -0.39 is 5.91 Å². The van der Waals surface area contributed by atoms with Crippen LogP contribution in [0, 0.1) is 25.2 Å². The number of anilines is 1. The number of methoxy groups -OCH3 is 1. The summed E-state index contributed by atoms with van der Waals surface area (Å²) in [6.45, 7) is 3.85. The van der Waals surface area contributed by atoms with Crippen LogP contribution in [0.3, 0.4) is 0 Å². The molecule has 0 radical (unpaired) electrons. The third-order valence-electron chi connectivity index (χ3n) is 4.47. The minimum absolute atomic E-state index is 0.0607. The standard InChI is InChI=1S/C23H20N2O2/c1-15-5-4-6-16(2)22(15)25-23(26)20(14-24)12-17-7-8-19-13-21(27-3)10-9-18(19)11-17/h4-13H,1-3H3,(H,25,26)/b20-12+. The number of carbonyl (C=O) groups is 1. The van der Waals surface area contributed by atoms with Crippen LogP contribution in [0.15, 0.2) is 60.2 Å². The first kappa shape index (κ1) is 18.2. The third-order valence-corrected chi connectivity index (χ3v) is 4.47. The highest BCUT2D eigenvalue weighted by Gasteiger charge is 2.12. The Morgan fingerprint density at radius 3 is 2.37 bits per heavy atom. The maximum Gasteiger partial charge on any atom is 0.266 e. The lowest BCUT2D eigenvalue weighted by molar-refractivity contribution is -0.112. The van der Waals surface area contributed by atoms with Crippen LogP contribution >= 0.6 is 0 Å². The van der Waals surface area contributed by atoms with Crippen molar-refractivity contribution in [3.05, 3.63) is 76.9 Å². The predicted octanol–water partition coefficient (Wildman–Crippen LogP) is 5.01. The van der Waals surface area contributed by atoms with E-state index in [4.69, 9.17) is 4.74 Å². The average Bonchev–Trinajstić information content (AvgIpc) is 2.68. The van der Waals surface area contributed by atoms with Gasteiger partial charge in [-0.15, -0.1) is 0 Å². The fraction of sp³-hybridized carbons (Fsp3) is 0.130. The number of nitrogens with zero attached hydrogens (tertiary/aromatic N) is 1. The van der Waals surface area contributed by atoms with E-state index in [0.717, 1.165) is 38.9 Å². The number of benzene rings is 3. The molecule has 0 unspecified atom stereocenters. The Kier molecular flexibility index (Phi) is 5.23. The van der Waals surface area contributed by atoms with Crippen LogP contribution in [-0.4, -0.2) is 13.0 Å². The number of para-hydroxylation sites is 1. The topological polar surface area (TPSA) is 62.1 Å². The maximum atomic E-state index is 12.6. The molecule has 1 N–H and O–H groups in total. The molecule has 0 spiro atoms. The largest absolute Gasteiger partial charge is 0.497 e.